The van der Waals surface area contributed by atoms with Crippen molar-refractivity contribution in [2.24, 2.45) is 5.10 Å². The minimum Gasteiger partial charge on any atom is -0.493 e. The zero-order chi connectivity index (χ0) is 18.5. The molecule has 0 aliphatic heterocycles. The molecule has 1 aromatic heterocycles. The molecule has 0 fully saturated rings. The van der Waals surface area contributed by atoms with Crippen LogP contribution in [0.3, 0.4) is 0 Å². The molecule has 3 rings (SSSR count). The topological polar surface area (TPSA) is 99.5 Å². The summed E-state index contributed by atoms with van der Waals surface area (Å²) in [5, 5.41) is 14.9. The quantitative estimate of drug-likeness (QED) is 0.486. The molecule has 7 heteroatoms. The normalized spacial score (nSPS) is 11.3. The van der Waals surface area contributed by atoms with Crippen molar-refractivity contribution in [3.8, 4) is 11.6 Å². The number of para-hydroxylation sites is 2. The van der Waals surface area contributed by atoms with Crippen LogP contribution in [0.25, 0.3) is 5.69 Å². The number of nitrogens with one attached hydrogen (secondary N) is 2. The Labute approximate surface area is 149 Å². The number of H-pyrrole nitrogens is 1. The van der Waals surface area contributed by atoms with Gasteiger partial charge in [-0.1, -0.05) is 43.3 Å². The van der Waals surface area contributed by atoms with Crippen LogP contribution in [-0.4, -0.2) is 20.4 Å². The molecule has 0 aliphatic carbocycles. The van der Waals surface area contributed by atoms with E-state index in [0.717, 1.165) is 10.3 Å². The van der Waals surface area contributed by atoms with Gasteiger partial charge in [-0.15, -0.1) is 0 Å². The van der Waals surface area contributed by atoms with Crippen molar-refractivity contribution in [2.45, 2.75) is 13.3 Å². The predicted molar refractivity (Wildman–Crippen MR) is 101 cm³/mol. The van der Waals surface area contributed by atoms with Gasteiger partial charge < -0.3 is 5.11 Å². The molecule has 2 aromatic carbocycles. The summed E-state index contributed by atoms with van der Waals surface area (Å²) in [6.45, 7) is 1.81. The Kier molecular flexibility index (Phi) is 4.98. The van der Waals surface area contributed by atoms with E-state index in [1.807, 2.05) is 37.3 Å². The fraction of sp³-hybridized carbons (Fsp3) is 0.105. The summed E-state index contributed by atoms with van der Waals surface area (Å²) in [6.07, 6.45) is 0.378. The molecule has 0 saturated carbocycles. The number of nitrogens with zero attached hydrogens (tertiary/aromatic N) is 2. The number of hydrazone groups is 1. The summed E-state index contributed by atoms with van der Waals surface area (Å²) >= 11 is 0. The predicted octanol–water partition coefficient (Wildman–Crippen LogP) is 2.46. The summed E-state index contributed by atoms with van der Waals surface area (Å²) < 4.78 is 1.05. The third kappa shape index (κ3) is 3.41. The number of hydrogen-bond donors (Lipinski definition) is 3. The highest BCUT2D eigenvalue weighted by atomic mass is 16.3. The smallest absolute Gasteiger partial charge is 0.335 e. The van der Waals surface area contributed by atoms with Crippen LogP contribution in [0, 0.1) is 0 Å². The molecule has 0 radical (unpaired) electrons. The van der Waals surface area contributed by atoms with Crippen LogP contribution in [0.15, 0.2) is 75.4 Å². The Bertz CT molecular complexity index is 1040. The SMILES string of the molecule is CC/C(=N\Nc1ccccc1)c1c(O)n(-c2ccccc2)c(=O)[nH]c1=O. The van der Waals surface area contributed by atoms with E-state index in [1.165, 1.54) is 0 Å². The van der Waals surface area contributed by atoms with Crippen LogP contribution in [0.1, 0.15) is 18.9 Å². The van der Waals surface area contributed by atoms with Gasteiger partial charge in [0.15, 0.2) is 0 Å². The van der Waals surface area contributed by atoms with Crippen molar-refractivity contribution < 1.29 is 5.11 Å². The summed E-state index contributed by atoms with van der Waals surface area (Å²) in [6, 6.07) is 17.8. The van der Waals surface area contributed by atoms with Crippen molar-refractivity contribution in [3.05, 3.63) is 87.1 Å². The first-order valence-corrected chi connectivity index (χ1v) is 8.13. The van der Waals surface area contributed by atoms with Crippen LogP contribution in [0.2, 0.25) is 0 Å². The van der Waals surface area contributed by atoms with Gasteiger partial charge in [0.2, 0.25) is 5.88 Å². The second kappa shape index (κ2) is 7.52. The molecular formula is C19H18N4O3. The van der Waals surface area contributed by atoms with Gasteiger partial charge in [0.05, 0.1) is 17.1 Å². The molecule has 7 nitrogen and oxygen atoms in total. The van der Waals surface area contributed by atoms with Crippen molar-refractivity contribution in [3.63, 3.8) is 0 Å². The number of benzene rings is 2. The molecule has 1 heterocycles. The molecule has 3 aromatic rings. The van der Waals surface area contributed by atoms with Crippen LogP contribution >= 0.6 is 0 Å². The highest BCUT2D eigenvalue weighted by Gasteiger charge is 2.19. The summed E-state index contributed by atoms with van der Waals surface area (Å²) in [4.78, 5) is 26.8. The van der Waals surface area contributed by atoms with E-state index >= 15 is 0 Å². The number of anilines is 1. The lowest BCUT2D eigenvalue weighted by Crippen LogP contribution is -2.33. The molecule has 0 aliphatic rings. The summed E-state index contributed by atoms with van der Waals surface area (Å²) in [5.74, 6) is -0.444. The van der Waals surface area contributed by atoms with Crippen molar-refractivity contribution in [1.29, 1.82) is 0 Å². The highest BCUT2D eigenvalue weighted by Crippen LogP contribution is 2.18. The van der Waals surface area contributed by atoms with Crippen LogP contribution in [0.4, 0.5) is 5.69 Å². The number of aromatic nitrogens is 2. The van der Waals surface area contributed by atoms with E-state index in [9.17, 15) is 14.7 Å². The lowest BCUT2D eigenvalue weighted by Gasteiger charge is -2.12. The van der Waals surface area contributed by atoms with E-state index in [2.05, 4.69) is 15.5 Å². The van der Waals surface area contributed by atoms with E-state index in [4.69, 9.17) is 0 Å². The standard InChI is InChI=1S/C19H18N4O3/c1-2-15(22-21-13-9-5-3-6-10-13)16-17(24)20-19(26)23(18(16)25)14-11-7-4-8-12-14/h3-12,21,25H,2H2,1H3,(H,20,24,26)/b22-15+. The lowest BCUT2D eigenvalue weighted by molar-refractivity contribution is 0.429. The number of aromatic amines is 1. The first-order chi connectivity index (χ1) is 12.6. The van der Waals surface area contributed by atoms with Gasteiger partial charge in [0, 0.05) is 0 Å². The average molecular weight is 350 g/mol. The first-order valence-electron chi connectivity index (χ1n) is 8.13. The molecule has 0 spiro atoms. The Morgan fingerprint density at radius 1 is 1.08 bits per heavy atom. The average Bonchev–Trinajstić information content (AvgIpc) is 2.65. The number of aromatic hydroxyl groups is 1. The molecule has 0 unspecified atom stereocenters. The van der Waals surface area contributed by atoms with Gasteiger partial charge in [-0.05, 0) is 30.7 Å². The van der Waals surface area contributed by atoms with Gasteiger partial charge >= 0.3 is 5.69 Å². The Morgan fingerprint density at radius 3 is 2.31 bits per heavy atom. The highest BCUT2D eigenvalue weighted by molar-refractivity contribution is 6.02. The summed E-state index contributed by atoms with van der Waals surface area (Å²) in [5.41, 5.74) is 2.93. The minimum atomic E-state index is -0.714. The maximum absolute atomic E-state index is 12.3. The number of rotatable bonds is 5. The molecular weight excluding hydrogens is 332 g/mol. The Balaban J connectivity index is 2.11. The van der Waals surface area contributed by atoms with Crippen molar-refractivity contribution >= 4 is 11.4 Å². The molecule has 0 atom stereocenters. The van der Waals surface area contributed by atoms with E-state index in [-0.39, 0.29) is 5.56 Å². The molecule has 26 heavy (non-hydrogen) atoms. The van der Waals surface area contributed by atoms with Gasteiger partial charge in [0.1, 0.15) is 5.56 Å². The maximum atomic E-state index is 12.3. The van der Waals surface area contributed by atoms with Crippen LogP contribution in [-0.2, 0) is 0 Å². The van der Waals surface area contributed by atoms with E-state index < -0.39 is 17.1 Å². The largest absolute Gasteiger partial charge is 0.493 e. The third-order valence-electron chi connectivity index (χ3n) is 3.82. The third-order valence-corrected chi connectivity index (χ3v) is 3.82. The monoisotopic (exact) mass is 350 g/mol. The van der Waals surface area contributed by atoms with Gasteiger partial charge in [-0.2, -0.15) is 5.10 Å². The van der Waals surface area contributed by atoms with Crippen molar-refractivity contribution in [1.82, 2.24) is 9.55 Å². The zero-order valence-corrected chi connectivity index (χ0v) is 14.1. The fourth-order valence-corrected chi connectivity index (χ4v) is 2.56. The van der Waals surface area contributed by atoms with Gasteiger partial charge in [0.25, 0.3) is 5.56 Å². The molecule has 0 amide bonds. The molecule has 0 bridgehead atoms. The molecule has 3 N–H and O–H groups in total. The van der Waals surface area contributed by atoms with Crippen LogP contribution in [0.5, 0.6) is 5.88 Å². The summed E-state index contributed by atoms with van der Waals surface area (Å²) in [7, 11) is 0. The first kappa shape index (κ1) is 17.2. The fourth-order valence-electron chi connectivity index (χ4n) is 2.56. The molecule has 0 saturated heterocycles. The van der Waals surface area contributed by atoms with Gasteiger partial charge in [-0.25, -0.2) is 9.36 Å². The minimum absolute atomic E-state index is 0.0422. The van der Waals surface area contributed by atoms with Gasteiger partial charge in [-0.3, -0.25) is 15.2 Å². The Hall–Kier alpha value is -3.61. The second-order valence-electron chi connectivity index (χ2n) is 5.52. The maximum Gasteiger partial charge on any atom is 0.335 e. The Morgan fingerprint density at radius 2 is 1.69 bits per heavy atom. The van der Waals surface area contributed by atoms with Crippen LogP contribution < -0.4 is 16.7 Å². The zero-order valence-electron chi connectivity index (χ0n) is 14.1. The van der Waals surface area contributed by atoms with E-state index in [1.54, 1.807) is 30.3 Å². The second-order valence-corrected chi connectivity index (χ2v) is 5.52. The molecule has 132 valence electrons. The van der Waals surface area contributed by atoms with E-state index in [0.29, 0.717) is 17.8 Å². The van der Waals surface area contributed by atoms with Crippen molar-refractivity contribution in [2.75, 3.05) is 5.43 Å². The number of hydrogen-bond acceptors (Lipinski definition) is 5. The lowest BCUT2D eigenvalue weighted by atomic mass is 10.1.